The number of sulfonamides is 1. The predicted molar refractivity (Wildman–Crippen MR) is 82.9 cm³/mol. The van der Waals surface area contributed by atoms with Gasteiger partial charge in [0.2, 0.25) is 0 Å². The van der Waals surface area contributed by atoms with E-state index in [9.17, 15) is 8.42 Å². The number of hydrogen-bond acceptors (Lipinski definition) is 2. The van der Waals surface area contributed by atoms with Crippen LogP contribution >= 0.6 is 11.6 Å². The van der Waals surface area contributed by atoms with Crippen molar-refractivity contribution in [1.29, 1.82) is 0 Å². The second kappa shape index (κ2) is 5.46. The van der Waals surface area contributed by atoms with Crippen molar-refractivity contribution in [2.45, 2.75) is 25.7 Å². The van der Waals surface area contributed by atoms with Gasteiger partial charge < -0.3 is 0 Å². The SMILES string of the molecule is Cc1ccc(S(=O)(=O)Nc2ccc(C)cc2Cl)c(C)c1. The van der Waals surface area contributed by atoms with Gasteiger partial charge in [-0.1, -0.05) is 35.4 Å². The number of nitrogens with one attached hydrogen (secondary N) is 1. The summed E-state index contributed by atoms with van der Waals surface area (Å²) in [7, 11) is -3.63. The highest BCUT2D eigenvalue weighted by atomic mass is 35.5. The van der Waals surface area contributed by atoms with E-state index in [-0.39, 0.29) is 4.90 Å². The maximum absolute atomic E-state index is 12.4. The number of aryl methyl sites for hydroxylation is 3. The Morgan fingerprint density at radius 2 is 1.55 bits per heavy atom. The van der Waals surface area contributed by atoms with E-state index in [1.807, 2.05) is 26.0 Å². The van der Waals surface area contributed by atoms with E-state index in [1.54, 1.807) is 31.2 Å². The lowest BCUT2D eigenvalue weighted by molar-refractivity contribution is 0.600. The summed E-state index contributed by atoms with van der Waals surface area (Å²) in [4.78, 5) is 0.264. The highest BCUT2D eigenvalue weighted by Gasteiger charge is 2.18. The third-order valence-corrected chi connectivity index (χ3v) is 4.83. The summed E-state index contributed by atoms with van der Waals surface area (Å²) in [5, 5.41) is 0.387. The molecule has 0 atom stereocenters. The van der Waals surface area contributed by atoms with Gasteiger partial charge in [-0.05, 0) is 50.1 Å². The first kappa shape index (κ1) is 14.9. The van der Waals surface area contributed by atoms with Crippen molar-refractivity contribution in [2.75, 3.05) is 4.72 Å². The second-order valence-corrected chi connectivity index (χ2v) is 6.92. The molecule has 0 unspecified atom stereocenters. The van der Waals surface area contributed by atoms with Crippen molar-refractivity contribution in [3.05, 3.63) is 58.1 Å². The summed E-state index contributed by atoms with van der Waals surface area (Å²) in [6.45, 7) is 5.60. The molecule has 106 valence electrons. The zero-order valence-corrected chi connectivity index (χ0v) is 13.1. The third kappa shape index (κ3) is 3.14. The first-order valence-electron chi connectivity index (χ1n) is 6.16. The van der Waals surface area contributed by atoms with Gasteiger partial charge in [-0.25, -0.2) is 8.42 Å². The van der Waals surface area contributed by atoms with Gasteiger partial charge in [-0.3, -0.25) is 4.72 Å². The second-order valence-electron chi connectivity index (χ2n) is 4.86. The average Bonchev–Trinajstić information content (AvgIpc) is 2.32. The number of benzene rings is 2. The van der Waals surface area contributed by atoms with Crippen LogP contribution in [0.2, 0.25) is 5.02 Å². The summed E-state index contributed by atoms with van der Waals surface area (Å²) in [5.74, 6) is 0. The van der Waals surface area contributed by atoms with Crippen LogP contribution in [0.5, 0.6) is 0 Å². The van der Waals surface area contributed by atoms with E-state index in [0.717, 1.165) is 11.1 Å². The van der Waals surface area contributed by atoms with E-state index in [0.29, 0.717) is 16.3 Å². The van der Waals surface area contributed by atoms with Crippen LogP contribution in [0.3, 0.4) is 0 Å². The minimum absolute atomic E-state index is 0.264. The van der Waals surface area contributed by atoms with E-state index >= 15 is 0 Å². The molecule has 2 rings (SSSR count). The molecule has 2 aromatic rings. The van der Waals surface area contributed by atoms with Crippen molar-refractivity contribution in [1.82, 2.24) is 0 Å². The summed E-state index contributed by atoms with van der Waals surface area (Å²) in [6, 6.07) is 10.4. The fraction of sp³-hybridized carbons (Fsp3) is 0.200. The molecule has 0 fully saturated rings. The van der Waals surface area contributed by atoms with Gasteiger partial charge in [0.15, 0.2) is 0 Å². The molecule has 0 heterocycles. The normalized spacial score (nSPS) is 11.4. The first-order chi connectivity index (χ1) is 9.29. The fourth-order valence-corrected chi connectivity index (χ4v) is 3.65. The molecule has 1 N–H and O–H groups in total. The first-order valence-corrected chi connectivity index (χ1v) is 8.02. The summed E-state index contributed by atoms with van der Waals surface area (Å²) >= 11 is 6.06. The minimum atomic E-state index is -3.63. The molecule has 0 saturated heterocycles. The lowest BCUT2D eigenvalue weighted by Gasteiger charge is -2.12. The lowest BCUT2D eigenvalue weighted by atomic mass is 10.2. The average molecular weight is 310 g/mol. The molecular formula is C15H16ClNO2S. The molecular weight excluding hydrogens is 294 g/mol. The summed E-state index contributed by atoms with van der Waals surface area (Å²) in [6.07, 6.45) is 0. The molecule has 20 heavy (non-hydrogen) atoms. The molecule has 0 bridgehead atoms. The Morgan fingerprint density at radius 3 is 2.15 bits per heavy atom. The molecule has 0 aliphatic rings. The number of hydrogen-bond donors (Lipinski definition) is 1. The Hall–Kier alpha value is -1.52. The minimum Gasteiger partial charge on any atom is -0.278 e. The van der Waals surface area contributed by atoms with Crippen LogP contribution in [-0.2, 0) is 10.0 Å². The van der Waals surface area contributed by atoms with Crippen LogP contribution in [-0.4, -0.2) is 8.42 Å². The van der Waals surface area contributed by atoms with Crippen molar-refractivity contribution in [2.24, 2.45) is 0 Å². The fourth-order valence-electron chi connectivity index (χ4n) is 2.00. The van der Waals surface area contributed by atoms with Crippen LogP contribution in [0.1, 0.15) is 16.7 Å². The van der Waals surface area contributed by atoms with Crippen molar-refractivity contribution < 1.29 is 8.42 Å². The zero-order chi connectivity index (χ0) is 14.9. The van der Waals surface area contributed by atoms with Crippen LogP contribution < -0.4 is 4.72 Å². The van der Waals surface area contributed by atoms with Gasteiger partial charge in [0.1, 0.15) is 0 Å². The summed E-state index contributed by atoms with van der Waals surface area (Å²) in [5.41, 5.74) is 3.09. The van der Waals surface area contributed by atoms with Gasteiger partial charge in [0.25, 0.3) is 10.0 Å². The topological polar surface area (TPSA) is 46.2 Å². The molecule has 5 heteroatoms. The van der Waals surface area contributed by atoms with Gasteiger partial charge in [0, 0.05) is 0 Å². The molecule has 3 nitrogen and oxygen atoms in total. The molecule has 0 radical (unpaired) electrons. The summed E-state index contributed by atoms with van der Waals surface area (Å²) < 4.78 is 27.3. The molecule has 0 amide bonds. The van der Waals surface area contributed by atoms with Crippen molar-refractivity contribution in [3.8, 4) is 0 Å². The van der Waals surface area contributed by atoms with Gasteiger partial charge >= 0.3 is 0 Å². The molecule has 0 saturated carbocycles. The molecule has 0 aromatic heterocycles. The van der Waals surface area contributed by atoms with E-state index in [4.69, 9.17) is 11.6 Å². The highest BCUT2D eigenvalue weighted by molar-refractivity contribution is 7.92. The van der Waals surface area contributed by atoms with Crippen LogP contribution in [0, 0.1) is 20.8 Å². The molecule has 0 aliphatic heterocycles. The Kier molecular flexibility index (Phi) is 4.06. The zero-order valence-electron chi connectivity index (χ0n) is 11.6. The maximum atomic E-state index is 12.4. The van der Waals surface area contributed by atoms with Crippen LogP contribution in [0.25, 0.3) is 0 Å². The molecule has 0 spiro atoms. The Balaban J connectivity index is 2.41. The van der Waals surface area contributed by atoms with Crippen molar-refractivity contribution in [3.63, 3.8) is 0 Å². The quantitative estimate of drug-likeness (QED) is 0.929. The van der Waals surface area contributed by atoms with Crippen molar-refractivity contribution >= 4 is 27.3 Å². The largest absolute Gasteiger partial charge is 0.278 e. The monoisotopic (exact) mass is 309 g/mol. The molecule has 0 aliphatic carbocycles. The Morgan fingerprint density at radius 1 is 0.950 bits per heavy atom. The number of anilines is 1. The van der Waals surface area contributed by atoms with Gasteiger partial charge in [-0.15, -0.1) is 0 Å². The highest BCUT2D eigenvalue weighted by Crippen LogP contribution is 2.26. The lowest BCUT2D eigenvalue weighted by Crippen LogP contribution is -2.14. The van der Waals surface area contributed by atoms with Crippen LogP contribution in [0.4, 0.5) is 5.69 Å². The van der Waals surface area contributed by atoms with Crippen LogP contribution in [0.15, 0.2) is 41.3 Å². The van der Waals surface area contributed by atoms with E-state index in [1.165, 1.54) is 0 Å². The van der Waals surface area contributed by atoms with Gasteiger partial charge in [-0.2, -0.15) is 0 Å². The Labute approximate surface area is 124 Å². The smallest absolute Gasteiger partial charge is 0.262 e. The third-order valence-electron chi connectivity index (χ3n) is 2.99. The number of halogens is 1. The van der Waals surface area contributed by atoms with Gasteiger partial charge in [0.05, 0.1) is 15.6 Å². The maximum Gasteiger partial charge on any atom is 0.262 e. The standard InChI is InChI=1S/C15H16ClNO2S/c1-10-5-7-15(12(3)8-10)20(18,19)17-14-6-4-11(2)9-13(14)16/h4-9,17H,1-3H3. The van der Waals surface area contributed by atoms with E-state index < -0.39 is 10.0 Å². The molecule has 2 aromatic carbocycles. The number of rotatable bonds is 3. The predicted octanol–water partition coefficient (Wildman–Crippen LogP) is 4.07. The van der Waals surface area contributed by atoms with E-state index in [2.05, 4.69) is 4.72 Å². The Bertz CT molecular complexity index is 754.